The lowest BCUT2D eigenvalue weighted by Crippen LogP contribution is -2.10. The summed E-state index contributed by atoms with van der Waals surface area (Å²) in [7, 11) is 0. The average molecular weight is 513 g/mol. The van der Waals surface area contributed by atoms with Gasteiger partial charge < -0.3 is 5.11 Å². The number of hydrogen-bond acceptors (Lipinski definition) is 7. The van der Waals surface area contributed by atoms with Crippen LogP contribution in [0.2, 0.25) is 0 Å². The maximum atomic E-state index is 13.1. The van der Waals surface area contributed by atoms with Gasteiger partial charge in [0.05, 0.1) is 12.1 Å². The van der Waals surface area contributed by atoms with Crippen molar-refractivity contribution in [3.05, 3.63) is 75.4 Å². The maximum absolute atomic E-state index is 13.1. The number of benzene rings is 1. The molecule has 0 aliphatic carbocycles. The highest BCUT2D eigenvalue weighted by molar-refractivity contribution is 7.15. The Morgan fingerprint density at radius 3 is 2.44 bits per heavy atom. The number of nitrogens with zero attached hydrogens (tertiary/aromatic N) is 6. The van der Waals surface area contributed by atoms with Crippen LogP contribution in [0.15, 0.2) is 41.5 Å². The molecule has 0 unspecified atom stereocenters. The number of aliphatic imine (C=N–C) groups is 1. The number of aromatic nitrogens is 5. The van der Waals surface area contributed by atoms with Crippen LogP contribution in [0, 0.1) is 20.8 Å². The van der Waals surface area contributed by atoms with Gasteiger partial charge in [0.1, 0.15) is 22.6 Å². The SMILES string of the molecule is Cc1sc2c(c1C)C(c1ccc(-c3nccc(C(F)(F)F)n3)cc1)=N[C@@H](CC(=O)O)c1nnc(C)n1-2. The first kappa shape index (κ1) is 23.8. The standard InChI is InChI=1S/C24H19F3N6O2S/c1-11-12(2)36-23-19(11)20(29-16(10-18(34)35)22-32-31-13(3)33(22)23)14-4-6-15(7-5-14)21-28-9-8-17(30-21)24(25,26)27/h4-9,16H,10H2,1-3H3,(H,34,35)/t16-/m0/s1. The number of thiophene rings is 1. The van der Waals surface area contributed by atoms with Crippen molar-refractivity contribution in [1.29, 1.82) is 0 Å². The number of halogens is 3. The molecule has 3 aromatic heterocycles. The van der Waals surface area contributed by atoms with Crippen LogP contribution in [0.1, 0.15) is 51.4 Å². The predicted molar refractivity (Wildman–Crippen MR) is 127 cm³/mol. The molecule has 1 N–H and O–H groups in total. The Balaban J connectivity index is 1.64. The van der Waals surface area contributed by atoms with Crippen LogP contribution in [0.3, 0.4) is 0 Å². The molecule has 0 amide bonds. The predicted octanol–water partition coefficient (Wildman–Crippen LogP) is 5.10. The van der Waals surface area contributed by atoms with Crippen LogP contribution in [0.25, 0.3) is 16.4 Å². The minimum Gasteiger partial charge on any atom is -0.481 e. The van der Waals surface area contributed by atoms with Crippen molar-refractivity contribution in [1.82, 2.24) is 24.7 Å². The van der Waals surface area contributed by atoms with Crippen molar-refractivity contribution in [2.24, 2.45) is 4.99 Å². The summed E-state index contributed by atoms with van der Waals surface area (Å²) in [4.78, 5) is 25.2. The van der Waals surface area contributed by atoms with E-state index in [9.17, 15) is 23.1 Å². The molecule has 5 rings (SSSR count). The van der Waals surface area contributed by atoms with E-state index >= 15 is 0 Å². The highest BCUT2D eigenvalue weighted by atomic mass is 32.1. The second-order valence-electron chi connectivity index (χ2n) is 8.34. The van der Waals surface area contributed by atoms with E-state index < -0.39 is 23.9 Å². The van der Waals surface area contributed by atoms with Crippen LogP contribution in [-0.4, -0.2) is 41.5 Å². The maximum Gasteiger partial charge on any atom is 0.433 e. The molecule has 1 aliphatic heterocycles. The van der Waals surface area contributed by atoms with Crippen molar-refractivity contribution in [2.75, 3.05) is 0 Å². The number of aliphatic carboxylic acids is 1. The van der Waals surface area contributed by atoms with Crippen molar-refractivity contribution in [2.45, 2.75) is 39.4 Å². The summed E-state index contributed by atoms with van der Waals surface area (Å²) in [6.45, 7) is 5.77. The Hall–Kier alpha value is -3.93. The van der Waals surface area contributed by atoms with E-state index in [1.165, 1.54) is 0 Å². The number of carbonyl (C=O) groups is 1. The summed E-state index contributed by atoms with van der Waals surface area (Å²) in [5.41, 5.74) is 2.49. The molecule has 1 aromatic carbocycles. The van der Waals surface area contributed by atoms with Crippen molar-refractivity contribution in [3.8, 4) is 16.4 Å². The van der Waals surface area contributed by atoms with Crippen molar-refractivity contribution < 1.29 is 23.1 Å². The number of hydrogen-bond donors (Lipinski definition) is 1. The third-order valence-corrected chi connectivity index (χ3v) is 7.16. The molecular weight excluding hydrogens is 493 g/mol. The van der Waals surface area contributed by atoms with Gasteiger partial charge in [-0.25, -0.2) is 9.97 Å². The third kappa shape index (κ3) is 4.06. The molecular formula is C24H19F3N6O2S. The molecule has 1 atom stereocenters. The summed E-state index contributed by atoms with van der Waals surface area (Å²) in [5.74, 6) is -0.00344. The fourth-order valence-electron chi connectivity index (χ4n) is 4.12. The summed E-state index contributed by atoms with van der Waals surface area (Å²) in [6.07, 6.45) is -3.77. The van der Waals surface area contributed by atoms with Gasteiger partial charge >= 0.3 is 12.1 Å². The smallest absolute Gasteiger partial charge is 0.433 e. The monoisotopic (exact) mass is 512 g/mol. The first-order valence-corrected chi connectivity index (χ1v) is 11.7. The number of carboxylic acids is 1. The minimum absolute atomic E-state index is 0.0481. The minimum atomic E-state index is -4.58. The fraction of sp³-hybridized carbons (Fsp3) is 0.250. The van der Waals surface area contributed by atoms with Gasteiger partial charge in [-0.3, -0.25) is 14.4 Å². The molecule has 0 saturated carbocycles. The molecule has 12 heteroatoms. The molecule has 1 aliphatic rings. The van der Waals surface area contributed by atoms with E-state index in [-0.39, 0.29) is 12.2 Å². The van der Waals surface area contributed by atoms with Crippen LogP contribution >= 0.6 is 11.3 Å². The largest absolute Gasteiger partial charge is 0.481 e. The van der Waals surface area contributed by atoms with E-state index in [1.807, 2.05) is 18.4 Å². The third-order valence-electron chi connectivity index (χ3n) is 5.97. The van der Waals surface area contributed by atoms with Gasteiger partial charge in [0.25, 0.3) is 0 Å². The molecule has 8 nitrogen and oxygen atoms in total. The zero-order valence-electron chi connectivity index (χ0n) is 19.3. The van der Waals surface area contributed by atoms with Gasteiger partial charge in [0.15, 0.2) is 11.6 Å². The Bertz CT molecular complexity index is 1520. The first-order valence-electron chi connectivity index (χ1n) is 10.9. The van der Waals surface area contributed by atoms with E-state index in [0.29, 0.717) is 28.5 Å². The van der Waals surface area contributed by atoms with Crippen LogP contribution in [0.4, 0.5) is 13.2 Å². The molecule has 0 radical (unpaired) electrons. The van der Waals surface area contributed by atoms with Crippen LogP contribution < -0.4 is 0 Å². The average Bonchev–Trinajstić information content (AvgIpc) is 3.31. The van der Waals surface area contributed by atoms with Crippen LogP contribution in [0.5, 0.6) is 0 Å². The van der Waals surface area contributed by atoms with E-state index in [0.717, 1.165) is 33.3 Å². The van der Waals surface area contributed by atoms with Gasteiger partial charge in [0, 0.05) is 27.8 Å². The summed E-state index contributed by atoms with van der Waals surface area (Å²) in [6, 6.07) is 6.76. The summed E-state index contributed by atoms with van der Waals surface area (Å²) in [5, 5.41) is 18.8. The van der Waals surface area contributed by atoms with E-state index in [4.69, 9.17) is 4.99 Å². The zero-order valence-corrected chi connectivity index (χ0v) is 20.1. The van der Waals surface area contributed by atoms with Gasteiger partial charge in [-0.15, -0.1) is 21.5 Å². The molecule has 0 fully saturated rings. The quantitative estimate of drug-likeness (QED) is 0.408. The Morgan fingerprint density at radius 1 is 1.08 bits per heavy atom. The lowest BCUT2D eigenvalue weighted by atomic mass is 9.98. The topological polar surface area (TPSA) is 106 Å². The van der Waals surface area contributed by atoms with E-state index in [2.05, 4.69) is 20.2 Å². The molecule has 184 valence electrons. The number of aryl methyl sites for hydroxylation is 2. The Kier molecular flexibility index (Phi) is 5.70. The molecule has 0 spiro atoms. The lowest BCUT2D eigenvalue weighted by molar-refractivity contribution is -0.141. The molecule has 0 bridgehead atoms. The zero-order chi connectivity index (χ0) is 25.8. The van der Waals surface area contributed by atoms with Crippen molar-refractivity contribution in [3.63, 3.8) is 0 Å². The fourth-order valence-corrected chi connectivity index (χ4v) is 5.34. The highest BCUT2D eigenvalue weighted by Gasteiger charge is 2.34. The van der Waals surface area contributed by atoms with E-state index in [1.54, 1.807) is 42.5 Å². The summed E-state index contributed by atoms with van der Waals surface area (Å²) < 4.78 is 41.1. The molecule has 4 heterocycles. The number of alkyl halides is 3. The highest BCUT2D eigenvalue weighted by Crippen LogP contribution is 2.39. The second kappa shape index (κ2) is 8.63. The number of carboxylic acid groups (broad SMARTS) is 1. The lowest BCUT2D eigenvalue weighted by Gasteiger charge is -2.11. The van der Waals surface area contributed by atoms with Crippen LogP contribution in [-0.2, 0) is 11.0 Å². The Morgan fingerprint density at radius 2 is 1.78 bits per heavy atom. The van der Waals surface area contributed by atoms with Gasteiger partial charge in [-0.2, -0.15) is 13.2 Å². The summed E-state index contributed by atoms with van der Waals surface area (Å²) >= 11 is 1.54. The van der Waals surface area contributed by atoms with Crippen molar-refractivity contribution >= 4 is 23.0 Å². The second-order valence-corrected chi connectivity index (χ2v) is 9.54. The number of fused-ring (bicyclic) bond motifs is 3. The first-order chi connectivity index (χ1) is 17.0. The molecule has 0 saturated heterocycles. The van der Waals surface area contributed by atoms with Gasteiger partial charge in [-0.1, -0.05) is 24.3 Å². The molecule has 4 aromatic rings. The molecule has 36 heavy (non-hydrogen) atoms. The van der Waals surface area contributed by atoms with Gasteiger partial charge in [0.2, 0.25) is 0 Å². The number of rotatable bonds is 4. The van der Waals surface area contributed by atoms with Gasteiger partial charge in [-0.05, 0) is 32.4 Å². The Labute approximate surface area is 207 Å². The normalized spacial score (nSPS) is 15.2.